The Morgan fingerprint density at radius 2 is 2.05 bits per heavy atom. The standard InChI is InChI=1S/C14H11N3O3/c18-8-10-7-11(5-6-13(10)17(19)20)16-9-15-12-3-1-2-4-14(12)16/h1-7,9,18H,8H2. The van der Waals surface area contributed by atoms with Crippen molar-refractivity contribution in [2.24, 2.45) is 0 Å². The van der Waals surface area contributed by atoms with Crippen molar-refractivity contribution < 1.29 is 10.0 Å². The van der Waals surface area contributed by atoms with Crippen molar-refractivity contribution >= 4 is 16.7 Å². The number of benzene rings is 2. The molecule has 0 aliphatic carbocycles. The molecule has 1 heterocycles. The zero-order valence-electron chi connectivity index (χ0n) is 10.4. The van der Waals surface area contributed by atoms with Gasteiger partial charge in [0.05, 0.1) is 28.1 Å². The van der Waals surface area contributed by atoms with Gasteiger partial charge in [-0.3, -0.25) is 14.7 Å². The molecule has 0 aliphatic rings. The Bertz CT molecular complexity index is 795. The molecule has 0 aliphatic heterocycles. The van der Waals surface area contributed by atoms with Crippen LogP contribution in [0.5, 0.6) is 0 Å². The summed E-state index contributed by atoms with van der Waals surface area (Å²) in [5.41, 5.74) is 2.68. The van der Waals surface area contributed by atoms with Gasteiger partial charge in [0.25, 0.3) is 5.69 Å². The highest BCUT2D eigenvalue weighted by molar-refractivity contribution is 5.77. The second kappa shape index (κ2) is 4.75. The molecule has 6 nitrogen and oxygen atoms in total. The number of aromatic nitrogens is 2. The molecule has 0 unspecified atom stereocenters. The normalized spacial score (nSPS) is 10.8. The first kappa shape index (κ1) is 12.3. The van der Waals surface area contributed by atoms with Crippen LogP contribution in [0, 0.1) is 10.1 Å². The molecule has 0 spiro atoms. The fourth-order valence-corrected chi connectivity index (χ4v) is 2.19. The Balaban J connectivity index is 2.17. The van der Waals surface area contributed by atoms with E-state index in [2.05, 4.69) is 4.98 Å². The molecular weight excluding hydrogens is 258 g/mol. The Morgan fingerprint density at radius 3 is 2.80 bits per heavy atom. The predicted molar refractivity (Wildman–Crippen MR) is 73.6 cm³/mol. The van der Waals surface area contributed by atoms with Crippen molar-refractivity contribution in [2.75, 3.05) is 0 Å². The maximum atomic E-state index is 10.9. The van der Waals surface area contributed by atoms with Gasteiger partial charge in [-0.25, -0.2) is 4.98 Å². The van der Waals surface area contributed by atoms with E-state index in [1.807, 2.05) is 28.8 Å². The van der Waals surface area contributed by atoms with Gasteiger partial charge in [0.2, 0.25) is 0 Å². The smallest absolute Gasteiger partial charge is 0.275 e. The molecule has 1 aromatic heterocycles. The van der Waals surface area contributed by atoms with Gasteiger partial charge < -0.3 is 5.11 Å². The van der Waals surface area contributed by atoms with E-state index < -0.39 is 4.92 Å². The van der Waals surface area contributed by atoms with Gasteiger partial charge >= 0.3 is 0 Å². The minimum absolute atomic E-state index is 0.0827. The molecular formula is C14H11N3O3. The van der Waals surface area contributed by atoms with E-state index in [0.717, 1.165) is 16.7 Å². The van der Waals surface area contributed by atoms with Crippen molar-refractivity contribution in [3.8, 4) is 5.69 Å². The second-order valence-electron chi connectivity index (χ2n) is 4.33. The molecule has 0 amide bonds. The largest absolute Gasteiger partial charge is 0.391 e. The molecule has 3 rings (SSSR count). The number of hydrogen-bond donors (Lipinski definition) is 1. The number of hydrogen-bond acceptors (Lipinski definition) is 4. The third kappa shape index (κ3) is 1.92. The number of fused-ring (bicyclic) bond motifs is 1. The Morgan fingerprint density at radius 1 is 1.25 bits per heavy atom. The molecule has 0 fully saturated rings. The SMILES string of the molecule is O=[N+]([O-])c1ccc(-n2cnc3ccccc32)cc1CO. The van der Waals surface area contributed by atoms with E-state index >= 15 is 0 Å². The molecule has 3 aromatic rings. The predicted octanol–water partition coefficient (Wildman–Crippen LogP) is 2.43. The molecule has 0 saturated heterocycles. The third-order valence-electron chi connectivity index (χ3n) is 3.16. The fraction of sp³-hybridized carbons (Fsp3) is 0.0714. The number of nitrogens with zero attached hydrogens (tertiary/aromatic N) is 3. The zero-order chi connectivity index (χ0) is 14.1. The van der Waals surface area contributed by atoms with Crippen LogP contribution < -0.4 is 0 Å². The summed E-state index contributed by atoms with van der Waals surface area (Å²) in [6, 6.07) is 12.3. The molecule has 20 heavy (non-hydrogen) atoms. The van der Waals surface area contributed by atoms with Crippen molar-refractivity contribution in [3.63, 3.8) is 0 Å². The molecule has 6 heteroatoms. The van der Waals surface area contributed by atoms with E-state index in [-0.39, 0.29) is 17.9 Å². The lowest BCUT2D eigenvalue weighted by Crippen LogP contribution is -1.99. The van der Waals surface area contributed by atoms with Crippen LogP contribution in [0.4, 0.5) is 5.69 Å². The highest BCUT2D eigenvalue weighted by Gasteiger charge is 2.14. The minimum Gasteiger partial charge on any atom is -0.391 e. The molecule has 1 N–H and O–H groups in total. The van der Waals surface area contributed by atoms with Gasteiger partial charge in [-0.15, -0.1) is 0 Å². The van der Waals surface area contributed by atoms with Crippen molar-refractivity contribution in [3.05, 3.63) is 64.5 Å². The zero-order valence-corrected chi connectivity index (χ0v) is 10.4. The number of aliphatic hydroxyl groups excluding tert-OH is 1. The summed E-state index contributed by atoms with van der Waals surface area (Å²) >= 11 is 0. The maximum absolute atomic E-state index is 10.9. The van der Waals surface area contributed by atoms with Crippen LogP contribution in [-0.4, -0.2) is 19.6 Å². The van der Waals surface area contributed by atoms with Gasteiger partial charge in [0.15, 0.2) is 0 Å². The van der Waals surface area contributed by atoms with Gasteiger partial charge in [0.1, 0.15) is 6.33 Å². The van der Waals surface area contributed by atoms with Gasteiger partial charge in [-0.05, 0) is 24.3 Å². The molecule has 0 saturated carbocycles. The van der Waals surface area contributed by atoms with Gasteiger partial charge in [-0.1, -0.05) is 12.1 Å². The molecule has 0 radical (unpaired) electrons. The maximum Gasteiger partial charge on any atom is 0.275 e. The average molecular weight is 269 g/mol. The first-order chi connectivity index (χ1) is 9.70. The lowest BCUT2D eigenvalue weighted by molar-refractivity contribution is -0.385. The number of rotatable bonds is 3. The van der Waals surface area contributed by atoms with E-state index in [0.29, 0.717) is 0 Å². The molecule has 2 aromatic carbocycles. The third-order valence-corrected chi connectivity index (χ3v) is 3.16. The number of para-hydroxylation sites is 2. The second-order valence-corrected chi connectivity index (χ2v) is 4.33. The summed E-state index contributed by atoms with van der Waals surface area (Å²) in [5, 5.41) is 20.1. The molecule has 0 bridgehead atoms. The number of imidazole rings is 1. The van der Waals surface area contributed by atoms with Crippen LogP contribution in [0.1, 0.15) is 5.56 Å². The highest BCUT2D eigenvalue weighted by atomic mass is 16.6. The van der Waals surface area contributed by atoms with Crippen molar-refractivity contribution in [1.82, 2.24) is 9.55 Å². The number of nitro groups is 1. The number of nitro benzene ring substituents is 1. The van der Waals surface area contributed by atoms with Crippen LogP contribution in [0.3, 0.4) is 0 Å². The van der Waals surface area contributed by atoms with E-state index in [1.165, 1.54) is 6.07 Å². The summed E-state index contributed by atoms with van der Waals surface area (Å²) in [6.07, 6.45) is 1.66. The summed E-state index contributed by atoms with van der Waals surface area (Å²) < 4.78 is 1.83. The first-order valence-electron chi connectivity index (χ1n) is 6.01. The summed E-state index contributed by atoms with van der Waals surface area (Å²) in [4.78, 5) is 14.6. The minimum atomic E-state index is -0.499. The lowest BCUT2D eigenvalue weighted by atomic mass is 10.1. The topological polar surface area (TPSA) is 81.2 Å². The lowest BCUT2D eigenvalue weighted by Gasteiger charge is -2.06. The molecule has 0 atom stereocenters. The Kier molecular flexibility index (Phi) is 2.92. The van der Waals surface area contributed by atoms with Crippen LogP contribution >= 0.6 is 0 Å². The summed E-state index contributed by atoms with van der Waals surface area (Å²) in [6.45, 7) is -0.378. The first-order valence-corrected chi connectivity index (χ1v) is 6.01. The van der Waals surface area contributed by atoms with Crippen LogP contribution in [-0.2, 0) is 6.61 Å². The fourth-order valence-electron chi connectivity index (χ4n) is 2.19. The summed E-state index contributed by atoms with van der Waals surface area (Å²) in [7, 11) is 0. The number of aliphatic hydroxyl groups is 1. The van der Waals surface area contributed by atoms with Gasteiger partial charge in [-0.2, -0.15) is 0 Å². The summed E-state index contributed by atoms with van der Waals surface area (Å²) in [5.74, 6) is 0. The Labute approximate surface area is 114 Å². The van der Waals surface area contributed by atoms with E-state index in [4.69, 9.17) is 0 Å². The van der Waals surface area contributed by atoms with Crippen LogP contribution in [0.15, 0.2) is 48.8 Å². The van der Waals surface area contributed by atoms with Crippen molar-refractivity contribution in [1.29, 1.82) is 0 Å². The average Bonchev–Trinajstić information content (AvgIpc) is 2.90. The quantitative estimate of drug-likeness (QED) is 0.584. The van der Waals surface area contributed by atoms with E-state index in [9.17, 15) is 15.2 Å². The van der Waals surface area contributed by atoms with E-state index in [1.54, 1.807) is 18.5 Å². The van der Waals surface area contributed by atoms with Crippen LogP contribution in [0.25, 0.3) is 16.7 Å². The monoisotopic (exact) mass is 269 g/mol. The highest BCUT2D eigenvalue weighted by Crippen LogP contribution is 2.24. The molecule has 100 valence electrons. The van der Waals surface area contributed by atoms with Crippen LogP contribution in [0.2, 0.25) is 0 Å². The van der Waals surface area contributed by atoms with Gasteiger partial charge in [0, 0.05) is 11.8 Å². The Hall–Kier alpha value is -2.73. The van der Waals surface area contributed by atoms with Crippen molar-refractivity contribution in [2.45, 2.75) is 6.61 Å².